The summed E-state index contributed by atoms with van der Waals surface area (Å²) in [5.74, 6) is 3.40. The molecule has 2 aromatic heterocycles. The van der Waals surface area contributed by atoms with Gasteiger partial charge in [-0.15, -0.1) is 34.2 Å². The van der Waals surface area contributed by atoms with Crippen molar-refractivity contribution in [3.05, 3.63) is 166 Å². The zero-order chi connectivity index (χ0) is 34.1. The van der Waals surface area contributed by atoms with Crippen LogP contribution in [-0.2, 0) is 26.5 Å². The molecule has 7 aromatic rings. The molecule has 0 saturated heterocycles. The molecule has 6 heteroatoms. The van der Waals surface area contributed by atoms with Gasteiger partial charge in [0.25, 0.3) is 0 Å². The molecule has 0 saturated carbocycles. The van der Waals surface area contributed by atoms with E-state index in [1.165, 1.54) is 38.7 Å². The van der Waals surface area contributed by atoms with Crippen LogP contribution in [0.5, 0.6) is 11.5 Å². The smallest absolute Gasteiger partial charge is 0.503 e. The summed E-state index contributed by atoms with van der Waals surface area (Å²) in [6.45, 7) is 11.0. The minimum atomic E-state index is -0.179. The topological polar surface area (TPSA) is 39.4 Å². The number of ether oxygens (including phenoxy) is 1. The second kappa shape index (κ2) is 13.0. The van der Waals surface area contributed by atoms with Crippen molar-refractivity contribution in [2.75, 3.05) is 5.75 Å². The maximum atomic E-state index is 6.70. The van der Waals surface area contributed by atoms with Crippen molar-refractivity contribution in [1.82, 2.24) is 9.55 Å². The number of benzene rings is 5. The number of rotatable bonds is 6. The summed E-state index contributed by atoms with van der Waals surface area (Å²) >= 11 is 1.80. The Morgan fingerprint density at radius 1 is 0.804 bits per heavy atom. The van der Waals surface area contributed by atoms with Crippen LogP contribution in [-0.4, -0.2) is 26.4 Å². The minimum Gasteiger partial charge on any atom is -0.503 e. The molecule has 4 nitrogen and oxygen atoms in total. The maximum absolute atomic E-state index is 6.70. The van der Waals surface area contributed by atoms with E-state index in [1.54, 1.807) is 11.8 Å². The van der Waals surface area contributed by atoms with Gasteiger partial charge in [-0.25, -0.2) is 4.98 Å². The predicted octanol–water partition coefficient (Wildman–Crippen LogP) is 10.8. The number of aliphatic imine (C=N–C) groups is 1. The molecule has 2 aliphatic rings. The van der Waals surface area contributed by atoms with Crippen LogP contribution < -0.4 is 4.74 Å². The molecule has 9 rings (SSSR count). The summed E-state index contributed by atoms with van der Waals surface area (Å²) in [6.07, 6.45) is 1.89. The molecule has 254 valence electrons. The van der Waals surface area contributed by atoms with Crippen LogP contribution in [0, 0.1) is 32.9 Å². The van der Waals surface area contributed by atoms with Crippen molar-refractivity contribution < 1.29 is 25.8 Å². The Hall–Kier alpha value is -4.44. The summed E-state index contributed by atoms with van der Waals surface area (Å²) in [5, 5.41) is 3.39. The number of pyridine rings is 1. The fourth-order valence-electron chi connectivity index (χ4n) is 7.97. The Bertz CT molecular complexity index is 2450. The van der Waals surface area contributed by atoms with Crippen LogP contribution in [0.2, 0.25) is 0 Å². The van der Waals surface area contributed by atoms with E-state index in [2.05, 4.69) is 148 Å². The van der Waals surface area contributed by atoms with Gasteiger partial charge < -0.3 is 14.3 Å². The molecule has 5 aromatic carbocycles. The van der Waals surface area contributed by atoms with E-state index < -0.39 is 0 Å². The number of aromatic nitrogens is 2. The van der Waals surface area contributed by atoms with Gasteiger partial charge in [-0.2, -0.15) is 17.8 Å². The number of aryl methyl sites for hydroxylation is 3. The van der Waals surface area contributed by atoms with Gasteiger partial charge in [0.15, 0.2) is 0 Å². The zero-order valence-electron chi connectivity index (χ0n) is 29.2. The molecule has 2 aliphatic heterocycles. The molecule has 0 unspecified atom stereocenters. The standard InChI is InChI=1S/C45H37N3OS.Pt/c1-27-19-32(44-47-38(26-50-44)41(30-13-8-6-9-14-30)31-15-10-7-11-16-31)24-33(20-27)49-40-25-39-34(23-29(40)3)35-21-28(2)22-37-42(35)48(39)43-36(45(37,4)5)17-12-18-46-43;/h6-23,38,41H,26H2,1-5H3;/q-2;+2/t38-;/m0./s1. The monoisotopic (exact) mass is 862 g/mol. The van der Waals surface area contributed by atoms with Crippen LogP contribution in [0.1, 0.15) is 64.3 Å². The predicted molar refractivity (Wildman–Crippen MR) is 207 cm³/mol. The van der Waals surface area contributed by atoms with Gasteiger partial charge in [-0.3, -0.25) is 0 Å². The van der Waals surface area contributed by atoms with Crippen LogP contribution in [0.3, 0.4) is 0 Å². The molecule has 1 atom stereocenters. The van der Waals surface area contributed by atoms with E-state index in [0.29, 0.717) is 11.5 Å². The Morgan fingerprint density at radius 2 is 1.51 bits per heavy atom. The zero-order valence-corrected chi connectivity index (χ0v) is 32.3. The quantitative estimate of drug-likeness (QED) is 0.156. The molecule has 0 aliphatic carbocycles. The van der Waals surface area contributed by atoms with E-state index in [4.69, 9.17) is 14.7 Å². The first-order valence-electron chi connectivity index (χ1n) is 17.3. The number of hydrogen-bond donors (Lipinski definition) is 0. The third-order valence-corrected chi connectivity index (χ3v) is 11.5. The van der Waals surface area contributed by atoms with E-state index in [9.17, 15) is 0 Å². The van der Waals surface area contributed by atoms with Crippen LogP contribution in [0.15, 0.2) is 114 Å². The number of hydrogen-bond acceptors (Lipinski definition) is 4. The van der Waals surface area contributed by atoms with Crippen molar-refractivity contribution in [2.45, 2.75) is 52.0 Å². The van der Waals surface area contributed by atoms with Crippen LogP contribution in [0.25, 0.3) is 27.6 Å². The molecule has 4 heterocycles. The van der Waals surface area contributed by atoms with Gasteiger partial charge in [0, 0.05) is 50.9 Å². The first-order valence-corrected chi connectivity index (χ1v) is 18.3. The molecule has 0 radical (unpaired) electrons. The van der Waals surface area contributed by atoms with E-state index in [-0.39, 0.29) is 38.4 Å². The second-order valence-electron chi connectivity index (χ2n) is 14.2. The fourth-order valence-corrected chi connectivity index (χ4v) is 9.04. The average molecular weight is 863 g/mol. The number of fused-ring (bicyclic) bond motifs is 5. The molecule has 0 fully saturated rings. The van der Waals surface area contributed by atoms with Crippen molar-refractivity contribution in [3.8, 4) is 17.3 Å². The summed E-state index contributed by atoms with van der Waals surface area (Å²) < 4.78 is 8.99. The van der Waals surface area contributed by atoms with Gasteiger partial charge in [-0.05, 0) is 35.1 Å². The van der Waals surface area contributed by atoms with Gasteiger partial charge in [-0.1, -0.05) is 130 Å². The largest absolute Gasteiger partial charge is 2.00 e. The fraction of sp³-hybridized carbons (Fsp3) is 0.200. The van der Waals surface area contributed by atoms with Crippen LogP contribution >= 0.6 is 11.8 Å². The van der Waals surface area contributed by atoms with E-state index in [1.807, 2.05) is 12.3 Å². The van der Waals surface area contributed by atoms with E-state index in [0.717, 1.165) is 44.2 Å². The SMILES string of the molecule is Cc1cc(Oc2[c-]c3c(cc2C)c2cc(C)cc4c2n3-c2ncccc2C4(C)C)[c-]c(C2=N[C@H](C(c3ccccc3)c3ccccc3)CS2)c1.[Pt+2]. The molecule has 0 spiro atoms. The third-order valence-electron chi connectivity index (χ3n) is 10.3. The molecular formula is C45H37N3OPtS. The Kier molecular flexibility index (Phi) is 8.56. The van der Waals surface area contributed by atoms with Crippen molar-refractivity contribution in [2.24, 2.45) is 4.99 Å². The Balaban J connectivity index is 0.00000374. The second-order valence-corrected chi connectivity index (χ2v) is 15.2. The average Bonchev–Trinajstić information content (AvgIpc) is 3.72. The molecule has 0 bridgehead atoms. The molecule has 51 heavy (non-hydrogen) atoms. The normalized spacial score (nSPS) is 15.9. The summed E-state index contributed by atoms with van der Waals surface area (Å²) in [4.78, 5) is 10.3. The minimum absolute atomic E-state index is 0. The van der Waals surface area contributed by atoms with Gasteiger partial charge in [0.1, 0.15) is 5.82 Å². The maximum Gasteiger partial charge on any atom is 2.00 e. The van der Waals surface area contributed by atoms with E-state index >= 15 is 0 Å². The number of thioether (sulfide) groups is 1. The molecular weight excluding hydrogens is 826 g/mol. The van der Waals surface area contributed by atoms with Gasteiger partial charge in [0.05, 0.1) is 6.04 Å². The molecule has 0 N–H and O–H groups in total. The Labute approximate surface area is 318 Å². The number of nitrogens with zero attached hydrogens (tertiary/aromatic N) is 3. The summed E-state index contributed by atoms with van der Waals surface area (Å²) in [5.41, 5.74) is 11.4. The summed E-state index contributed by atoms with van der Waals surface area (Å²) in [7, 11) is 0. The molecule has 0 amide bonds. The Morgan fingerprint density at radius 3 is 2.24 bits per heavy atom. The van der Waals surface area contributed by atoms with Crippen LogP contribution in [0.4, 0.5) is 0 Å². The van der Waals surface area contributed by atoms with Crippen molar-refractivity contribution in [1.29, 1.82) is 0 Å². The van der Waals surface area contributed by atoms with Crippen molar-refractivity contribution >= 4 is 38.6 Å². The van der Waals surface area contributed by atoms with Gasteiger partial charge >= 0.3 is 21.1 Å². The first-order chi connectivity index (χ1) is 24.3. The third kappa shape index (κ3) is 5.66. The van der Waals surface area contributed by atoms with Gasteiger partial charge in [0.2, 0.25) is 0 Å². The van der Waals surface area contributed by atoms with Crippen molar-refractivity contribution in [3.63, 3.8) is 0 Å². The first kappa shape index (κ1) is 33.7. The summed E-state index contributed by atoms with van der Waals surface area (Å²) in [6, 6.07) is 44.2.